The highest BCUT2D eigenvalue weighted by Crippen LogP contribution is 2.42. The number of benzene rings is 3. The number of likely N-dealkylation sites (tertiary alicyclic amines) is 1. The van der Waals surface area contributed by atoms with Gasteiger partial charge >= 0.3 is 6.09 Å². The molecule has 2 aliphatic heterocycles. The number of hydrogen-bond acceptors (Lipinski definition) is 7. The van der Waals surface area contributed by atoms with Crippen LogP contribution in [0.25, 0.3) is 0 Å². The molecule has 0 saturated carbocycles. The second-order valence-corrected chi connectivity index (χ2v) is 19.3. The highest BCUT2D eigenvalue weighted by atomic mass is 28.4. The van der Waals surface area contributed by atoms with E-state index in [9.17, 15) is 4.79 Å². The van der Waals surface area contributed by atoms with Gasteiger partial charge in [-0.05, 0) is 48.7 Å². The quantitative estimate of drug-likeness (QED) is 0.184. The number of ether oxygens (including phenoxy) is 5. The first kappa shape index (κ1) is 35.3. The summed E-state index contributed by atoms with van der Waals surface area (Å²) < 4.78 is 39.2. The molecule has 8 nitrogen and oxygen atoms in total. The predicted molar refractivity (Wildman–Crippen MR) is 184 cm³/mol. The molecule has 3 aromatic carbocycles. The summed E-state index contributed by atoms with van der Waals surface area (Å²) in [7, 11) is -2.23. The Morgan fingerprint density at radius 2 is 1.26 bits per heavy atom. The van der Waals surface area contributed by atoms with Crippen LogP contribution in [-0.2, 0) is 47.9 Å². The third kappa shape index (κ3) is 8.90. The SMILES string of the molecule is CC1(C)O[C@H]2[C@H](OCc3ccccc3)[C@@H](CO[Si](C)(C)C(C)(C)C)N(C(=O)OCc3ccccc3)[C@H](COCc3ccccc3)[C@H]2O1. The third-order valence-corrected chi connectivity index (χ3v) is 14.0. The minimum Gasteiger partial charge on any atom is -0.445 e. The number of carbonyl (C=O) groups excluding carboxylic acids is 1. The van der Waals surface area contributed by atoms with E-state index in [1.807, 2.05) is 105 Å². The first-order valence-electron chi connectivity index (χ1n) is 16.6. The van der Waals surface area contributed by atoms with E-state index in [1.54, 1.807) is 4.90 Å². The first-order chi connectivity index (χ1) is 22.3. The third-order valence-electron chi connectivity index (χ3n) is 9.48. The molecular weight excluding hydrogens is 611 g/mol. The second-order valence-electron chi connectivity index (χ2n) is 14.5. The molecule has 5 atom stereocenters. The Kier molecular flexibility index (Phi) is 11.3. The van der Waals surface area contributed by atoms with E-state index in [0.717, 1.165) is 16.7 Å². The zero-order valence-electron chi connectivity index (χ0n) is 28.9. The van der Waals surface area contributed by atoms with Crippen molar-refractivity contribution in [3.63, 3.8) is 0 Å². The normalized spacial score (nSPS) is 24.1. The molecule has 5 rings (SSSR count). The molecule has 2 saturated heterocycles. The minimum atomic E-state index is -2.23. The summed E-state index contributed by atoms with van der Waals surface area (Å²) >= 11 is 0. The molecule has 3 aromatic rings. The van der Waals surface area contributed by atoms with Gasteiger partial charge in [-0.25, -0.2) is 4.79 Å². The van der Waals surface area contributed by atoms with Crippen molar-refractivity contribution in [1.82, 2.24) is 4.90 Å². The smallest absolute Gasteiger partial charge is 0.410 e. The van der Waals surface area contributed by atoms with Crippen LogP contribution in [-0.4, -0.2) is 68.7 Å². The van der Waals surface area contributed by atoms with E-state index in [0.29, 0.717) is 13.2 Å². The lowest BCUT2D eigenvalue weighted by Crippen LogP contribution is -2.70. The molecule has 0 bridgehead atoms. The molecule has 2 aliphatic rings. The summed E-state index contributed by atoms with van der Waals surface area (Å²) in [6, 6.07) is 28.7. The Bertz CT molecular complexity index is 1410. The Morgan fingerprint density at radius 3 is 1.81 bits per heavy atom. The number of nitrogens with zero attached hydrogens (tertiary/aromatic N) is 1. The average Bonchev–Trinajstić information content (AvgIpc) is 3.37. The van der Waals surface area contributed by atoms with E-state index in [2.05, 4.69) is 33.9 Å². The molecule has 2 heterocycles. The van der Waals surface area contributed by atoms with Gasteiger partial charge in [-0.1, -0.05) is 112 Å². The zero-order valence-corrected chi connectivity index (χ0v) is 29.9. The summed E-state index contributed by atoms with van der Waals surface area (Å²) in [6.07, 6.45) is -2.01. The van der Waals surface area contributed by atoms with Crippen molar-refractivity contribution < 1.29 is 32.9 Å². The fourth-order valence-electron chi connectivity index (χ4n) is 5.92. The highest BCUT2D eigenvalue weighted by Gasteiger charge is 2.60. The van der Waals surface area contributed by atoms with E-state index in [1.165, 1.54) is 0 Å². The molecule has 0 unspecified atom stereocenters. The fraction of sp³-hybridized carbons (Fsp3) is 0.500. The molecule has 0 radical (unpaired) electrons. The molecule has 47 heavy (non-hydrogen) atoms. The molecule has 9 heteroatoms. The molecule has 0 N–H and O–H groups in total. The molecule has 2 fully saturated rings. The number of piperidine rings is 1. The van der Waals surface area contributed by atoms with Crippen molar-refractivity contribution >= 4 is 14.4 Å². The standard InChI is InChI=1S/C38H51NO7Si/c1-37(2,3)47(6,7)44-27-32-33(42-24-29-19-13-9-14-20-29)35-34(45-38(4,5)46-35)31(26-41-23-28-17-11-8-12-18-28)39(32)36(40)43-25-30-21-15-10-16-22-30/h8-22,31-35H,23-27H2,1-7H3/t31-,32-,33-,34-,35+/m1/s1. The summed E-state index contributed by atoms with van der Waals surface area (Å²) in [5, 5.41) is -0.0313. The van der Waals surface area contributed by atoms with Gasteiger partial charge in [-0.15, -0.1) is 0 Å². The van der Waals surface area contributed by atoms with E-state index in [4.69, 9.17) is 28.1 Å². The lowest BCUT2D eigenvalue weighted by atomic mass is 9.88. The van der Waals surface area contributed by atoms with Gasteiger partial charge in [0.1, 0.15) is 24.9 Å². The number of amides is 1. The van der Waals surface area contributed by atoms with Crippen molar-refractivity contribution in [2.75, 3.05) is 13.2 Å². The number of hydrogen-bond donors (Lipinski definition) is 0. The van der Waals surface area contributed by atoms with Crippen LogP contribution >= 0.6 is 0 Å². The maximum absolute atomic E-state index is 14.4. The first-order valence-corrected chi connectivity index (χ1v) is 19.5. The van der Waals surface area contributed by atoms with Crippen LogP contribution in [0, 0.1) is 0 Å². The van der Waals surface area contributed by atoms with E-state index in [-0.39, 0.29) is 24.9 Å². The minimum absolute atomic E-state index is 0.0313. The summed E-state index contributed by atoms with van der Waals surface area (Å²) in [5.41, 5.74) is 2.97. The Labute approximate surface area is 281 Å². The van der Waals surface area contributed by atoms with Crippen LogP contribution in [0.2, 0.25) is 18.1 Å². The maximum atomic E-state index is 14.4. The van der Waals surface area contributed by atoms with Crippen molar-refractivity contribution in [3.8, 4) is 0 Å². The molecule has 0 aromatic heterocycles. The zero-order chi connectivity index (χ0) is 33.7. The monoisotopic (exact) mass is 661 g/mol. The number of carbonyl (C=O) groups is 1. The molecule has 0 spiro atoms. The van der Waals surface area contributed by atoms with Gasteiger partial charge in [0, 0.05) is 0 Å². The van der Waals surface area contributed by atoms with Gasteiger partial charge in [-0.3, -0.25) is 4.90 Å². The molecular formula is C38H51NO7Si. The lowest BCUT2D eigenvalue weighted by Gasteiger charge is -2.50. The summed E-state index contributed by atoms with van der Waals surface area (Å²) in [5.74, 6) is -0.893. The summed E-state index contributed by atoms with van der Waals surface area (Å²) in [6.45, 7) is 16.2. The van der Waals surface area contributed by atoms with Crippen molar-refractivity contribution in [2.24, 2.45) is 0 Å². The number of fused-ring (bicyclic) bond motifs is 1. The Morgan fingerprint density at radius 1 is 0.745 bits per heavy atom. The van der Waals surface area contributed by atoms with Gasteiger partial charge in [0.15, 0.2) is 14.1 Å². The topological polar surface area (TPSA) is 75.7 Å². The number of rotatable bonds is 12. The molecule has 0 aliphatic carbocycles. The maximum Gasteiger partial charge on any atom is 0.410 e. The second kappa shape index (κ2) is 15.0. The Hall–Kier alpha value is -3.05. The highest BCUT2D eigenvalue weighted by molar-refractivity contribution is 6.74. The van der Waals surface area contributed by atoms with Crippen LogP contribution in [0.1, 0.15) is 51.3 Å². The van der Waals surface area contributed by atoms with Crippen LogP contribution in [0.4, 0.5) is 4.79 Å². The fourth-order valence-corrected chi connectivity index (χ4v) is 6.94. The van der Waals surface area contributed by atoms with Crippen molar-refractivity contribution in [2.45, 2.75) is 109 Å². The lowest BCUT2D eigenvalue weighted by molar-refractivity contribution is -0.167. The van der Waals surface area contributed by atoms with Crippen molar-refractivity contribution in [3.05, 3.63) is 108 Å². The molecule has 254 valence electrons. The van der Waals surface area contributed by atoms with Gasteiger partial charge in [0.2, 0.25) is 0 Å². The Balaban J connectivity index is 1.50. The predicted octanol–water partition coefficient (Wildman–Crippen LogP) is 7.72. The van der Waals surface area contributed by atoms with Crippen LogP contribution in [0.3, 0.4) is 0 Å². The molecule has 1 amide bonds. The van der Waals surface area contributed by atoms with E-state index < -0.39 is 50.6 Å². The van der Waals surface area contributed by atoms with Gasteiger partial charge in [0.05, 0.1) is 38.5 Å². The average molecular weight is 662 g/mol. The van der Waals surface area contributed by atoms with Crippen LogP contribution in [0.5, 0.6) is 0 Å². The van der Waals surface area contributed by atoms with Gasteiger partial charge in [-0.2, -0.15) is 0 Å². The van der Waals surface area contributed by atoms with Crippen LogP contribution in [0.15, 0.2) is 91.0 Å². The van der Waals surface area contributed by atoms with E-state index >= 15 is 0 Å². The van der Waals surface area contributed by atoms with Gasteiger partial charge in [0.25, 0.3) is 0 Å². The van der Waals surface area contributed by atoms with Crippen LogP contribution < -0.4 is 0 Å². The van der Waals surface area contributed by atoms with Gasteiger partial charge < -0.3 is 28.1 Å². The van der Waals surface area contributed by atoms with Crippen molar-refractivity contribution in [1.29, 1.82) is 0 Å². The largest absolute Gasteiger partial charge is 0.445 e. The summed E-state index contributed by atoms with van der Waals surface area (Å²) in [4.78, 5) is 16.1.